The number of ether oxygens (including phenoxy) is 2. The van der Waals surface area contributed by atoms with E-state index in [1.54, 1.807) is 17.0 Å². The second kappa shape index (κ2) is 14.8. The van der Waals surface area contributed by atoms with Crippen LogP contribution in [0.3, 0.4) is 0 Å². The predicted molar refractivity (Wildman–Crippen MR) is 215 cm³/mol. The van der Waals surface area contributed by atoms with Crippen molar-refractivity contribution in [1.82, 2.24) is 4.90 Å². The van der Waals surface area contributed by atoms with Gasteiger partial charge in [-0.3, -0.25) is 15.0 Å². The van der Waals surface area contributed by atoms with E-state index in [2.05, 4.69) is 48.5 Å². The first-order valence-corrected chi connectivity index (χ1v) is 19.0. The summed E-state index contributed by atoms with van der Waals surface area (Å²) in [6.07, 6.45) is 0.779. The fraction of sp³-hybridized carbons (Fsp3) is 0.191. The van der Waals surface area contributed by atoms with Crippen LogP contribution in [0.2, 0.25) is 0 Å². The van der Waals surface area contributed by atoms with Gasteiger partial charge in [-0.2, -0.15) is 0 Å². The number of fused-ring (bicyclic) bond motifs is 6. The van der Waals surface area contributed by atoms with Crippen LogP contribution in [-0.2, 0) is 16.0 Å². The number of hydrogen-bond acceptors (Lipinski definition) is 6. The molecular formula is C47H39N3O6. The molecule has 1 atom stereocenters. The zero-order chi connectivity index (χ0) is 38.2. The van der Waals surface area contributed by atoms with Crippen molar-refractivity contribution in [3.63, 3.8) is 0 Å². The molecule has 0 spiro atoms. The van der Waals surface area contributed by atoms with Gasteiger partial charge in [-0.25, -0.2) is 9.59 Å². The first kappa shape index (κ1) is 35.0. The van der Waals surface area contributed by atoms with E-state index in [9.17, 15) is 19.7 Å². The molecule has 1 aliphatic heterocycles. The van der Waals surface area contributed by atoms with E-state index in [-0.39, 0.29) is 49.4 Å². The fourth-order valence-corrected chi connectivity index (χ4v) is 8.72. The van der Waals surface area contributed by atoms with Crippen LogP contribution < -0.4 is 4.90 Å². The second-order valence-corrected chi connectivity index (χ2v) is 14.6. The maximum Gasteiger partial charge on any atom is 0.414 e. The Hall–Kier alpha value is -6.74. The van der Waals surface area contributed by atoms with E-state index < -0.39 is 11.0 Å². The summed E-state index contributed by atoms with van der Waals surface area (Å²) in [5, 5.41) is 11.3. The van der Waals surface area contributed by atoms with E-state index in [1.165, 1.54) is 34.4 Å². The van der Waals surface area contributed by atoms with Crippen molar-refractivity contribution in [2.45, 2.75) is 37.3 Å². The highest BCUT2D eigenvalue weighted by Gasteiger charge is 2.35. The molecule has 6 aromatic carbocycles. The normalized spacial score (nSPS) is 15.4. The fourth-order valence-electron chi connectivity index (χ4n) is 8.72. The summed E-state index contributed by atoms with van der Waals surface area (Å²) in [6, 6.07) is 46.6. The third-order valence-corrected chi connectivity index (χ3v) is 11.5. The van der Waals surface area contributed by atoms with Crippen LogP contribution in [0.5, 0.6) is 0 Å². The Balaban J connectivity index is 0.923. The van der Waals surface area contributed by atoms with Gasteiger partial charge in [0.1, 0.15) is 13.2 Å². The zero-order valence-electron chi connectivity index (χ0n) is 30.6. The molecule has 0 radical (unpaired) electrons. The average molecular weight is 742 g/mol. The van der Waals surface area contributed by atoms with Crippen LogP contribution in [-0.4, -0.2) is 41.8 Å². The lowest BCUT2D eigenvalue weighted by molar-refractivity contribution is -0.384. The van der Waals surface area contributed by atoms with Crippen LogP contribution >= 0.6 is 0 Å². The standard InChI is InChI=1S/C47H39N3O6/c51-46(55-29-43-39-14-5-1-10-35(39)36-11-2-6-15-40(36)43)48-27-9-18-45(48)32-21-25-33(26-22-32)49(28-31-19-23-34(24-20-31)50(53)54)47(52)56-30-44-41-16-7-3-12-37(41)38-13-4-8-17-42(38)44/h1-8,10-17,19-26,43-45H,9,18,27-30H2. The van der Waals surface area contributed by atoms with Crippen molar-refractivity contribution in [3.05, 3.63) is 189 Å². The number of rotatable bonds is 9. The third kappa shape index (κ3) is 6.45. The summed E-state index contributed by atoms with van der Waals surface area (Å²) < 4.78 is 12.1. The summed E-state index contributed by atoms with van der Waals surface area (Å²) in [5.74, 6) is -0.132. The Morgan fingerprint density at radius 2 is 1.12 bits per heavy atom. The number of nitro groups is 1. The van der Waals surface area contributed by atoms with Crippen molar-refractivity contribution in [3.8, 4) is 22.3 Å². The Labute approximate surface area is 324 Å². The van der Waals surface area contributed by atoms with Crippen molar-refractivity contribution < 1.29 is 24.0 Å². The van der Waals surface area contributed by atoms with E-state index >= 15 is 0 Å². The lowest BCUT2D eigenvalue weighted by atomic mass is 9.98. The third-order valence-electron chi connectivity index (χ3n) is 11.5. The average Bonchev–Trinajstić information content (AvgIpc) is 3.95. The lowest BCUT2D eigenvalue weighted by Gasteiger charge is -2.27. The second-order valence-electron chi connectivity index (χ2n) is 14.6. The van der Waals surface area contributed by atoms with Crippen molar-refractivity contribution in [1.29, 1.82) is 0 Å². The van der Waals surface area contributed by atoms with E-state index in [0.29, 0.717) is 17.8 Å². The molecule has 9 heteroatoms. The summed E-state index contributed by atoms with van der Waals surface area (Å²) in [4.78, 5) is 42.0. The summed E-state index contributed by atoms with van der Waals surface area (Å²) in [6.45, 7) is 1.14. The van der Waals surface area contributed by atoms with Gasteiger partial charge in [0, 0.05) is 36.2 Å². The molecule has 0 bridgehead atoms. The molecule has 2 aliphatic carbocycles. The largest absolute Gasteiger partial charge is 0.448 e. The van der Waals surface area contributed by atoms with Crippen LogP contribution in [0.15, 0.2) is 146 Å². The van der Waals surface area contributed by atoms with Gasteiger partial charge in [0.2, 0.25) is 0 Å². The summed E-state index contributed by atoms with van der Waals surface area (Å²) >= 11 is 0. The number of carbonyl (C=O) groups is 2. The minimum absolute atomic E-state index is 0.0219. The quantitative estimate of drug-likeness (QED) is 0.108. The zero-order valence-corrected chi connectivity index (χ0v) is 30.6. The molecule has 9 nitrogen and oxygen atoms in total. The SMILES string of the molecule is O=C(OCC1c2ccccc2-c2ccccc21)N(Cc1ccc([N+](=O)[O-])cc1)c1ccc(C2CCCN2C(=O)OCC2c3ccccc3-c3ccccc32)cc1. The number of anilines is 1. The summed E-state index contributed by atoms with van der Waals surface area (Å²) in [5.41, 5.74) is 11.5. The van der Waals surface area contributed by atoms with Crippen molar-refractivity contribution in [2.75, 3.05) is 24.7 Å². The number of hydrogen-bond donors (Lipinski definition) is 0. The maximum absolute atomic E-state index is 14.0. The van der Waals surface area contributed by atoms with Crippen LogP contribution in [0, 0.1) is 10.1 Å². The number of nitro benzene ring substituents is 1. The smallest absolute Gasteiger partial charge is 0.414 e. The molecule has 56 heavy (non-hydrogen) atoms. The molecule has 0 N–H and O–H groups in total. The monoisotopic (exact) mass is 741 g/mol. The highest BCUT2D eigenvalue weighted by atomic mass is 16.6. The molecule has 0 saturated carbocycles. The van der Waals surface area contributed by atoms with Gasteiger partial charge >= 0.3 is 12.2 Å². The van der Waals surface area contributed by atoms with Gasteiger partial charge in [-0.05, 0) is 80.6 Å². The van der Waals surface area contributed by atoms with E-state index in [4.69, 9.17) is 9.47 Å². The molecule has 6 aromatic rings. The Morgan fingerprint density at radius 1 is 0.643 bits per heavy atom. The molecule has 1 heterocycles. The lowest BCUT2D eigenvalue weighted by Crippen LogP contribution is -2.33. The Bertz CT molecular complexity index is 2360. The first-order chi connectivity index (χ1) is 27.4. The van der Waals surface area contributed by atoms with E-state index in [1.807, 2.05) is 77.7 Å². The van der Waals surface area contributed by atoms with Gasteiger partial charge in [0.15, 0.2) is 0 Å². The molecule has 2 amide bonds. The minimum atomic E-state index is -0.529. The minimum Gasteiger partial charge on any atom is -0.448 e. The highest BCUT2D eigenvalue weighted by Crippen LogP contribution is 2.46. The van der Waals surface area contributed by atoms with Crippen LogP contribution in [0.25, 0.3) is 22.3 Å². The number of nitrogens with zero attached hydrogens (tertiary/aromatic N) is 3. The molecule has 1 saturated heterocycles. The molecule has 3 aliphatic rings. The molecular weight excluding hydrogens is 703 g/mol. The molecule has 9 rings (SSSR count). The molecule has 0 aromatic heterocycles. The molecule has 1 fully saturated rings. The number of benzene rings is 6. The van der Waals surface area contributed by atoms with Crippen molar-refractivity contribution in [2.24, 2.45) is 0 Å². The van der Waals surface area contributed by atoms with E-state index in [0.717, 1.165) is 40.7 Å². The highest BCUT2D eigenvalue weighted by molar-refractivity contribution is 5.88. The van der Waals surface area contributed by atoms with Crippen LogP contribution in [0.4, 0.5) is 21.0 Å². The summed E-state index contributed by atoms with van der Waals surface area (Å²) in [7, 11) is 0. The number of likely N-dealkylation sites (tertiary alicyclic amines) is 1. The van der Waals surface area contributed by atoms with Gasteiger partial charge in [0.25, 0.3) is 5.69 Å². The maximum atomic E-state index is 14.0. The topological polar surface area (TPSA) is 102 Å². The van der Waals surface area contributed by atoms with Crippen molar-refractivity contribution >= 4 is 23.6 Å². The number of amides is 2. The predicted octanol–water partition coefficient (Wildman–Crippen LogP) is 10.6. The Kier molecular flexibility index (Phi) is 9.27. The Morgan fingerprint density at radius 3 is 1.62 bits per heavy atom. The number of carbonyl (C=O) groups excluding carboxylic acids is 2. The van der Waals surface area contributed by atoms with Gasteiger partial charge in [-0.1, -0.05) is 121 Å². The van der Waals surface area contributed by atoms with Gasteiger partial charge < -0.3 is 14.4 Å². The van der Waals surface area contributed by atoms with Gasteiger partial charge in [0.05, 0.1) is 17.5 Å². The first-order valence-electron chi connectivity index (χ1n) is 19.0. The van der Waals surface area contributed by atoms with Gasteiger partial charge in [-0.15, -0.1) is 0 Å². The molecule has 1 unspecified atom stereocenters. The molecule has 278 valence electrons. The van der Waals surface area contributed by atoms with Crippen LogP contribution in [0.1, 0.15) is 64.1 Å². The number of non-ortho nitro benzene ring substituents is 1.